The van der Waals surface area contributed by atoms with Crippen molar-refractivity contribution in [2.75, 3.05) is 13.7 Å². The van der Waals surface area contributed by atoms with Crippen LogP contribution in [0.3, 0.4) is 0 Å². The van der Waals surface area contributed by atoms with Crippen LogP contribution >= 0.6 is 0 Å². The van der Waals surface area contributed by atoms with Gasteiger partial charge in [-0.05, 0) is 30.3 Å². The summed E-state index contributed by atoms with van der Waals surface area (Å²) in [6.07, 6.45) is 0. The third-order valence-corrected chi connectivity index (χ3v) is 3.18. The molecule has 2 aromatic carbocycles. The highest BCUT2D eigenvalue weighted by Crippen LogP contribution is 2.32. The van der Waals surface area contributed by atoms with Gasteiger partial charge < -0.3 is 19.6 Å². The summed E-state index contributed by atoms with van der Waals surface area (Å²) in [6, 6.07) is 13.0. The van der Waals surface area contributed by atoms with Crippen LogP contribution in [0.4, 0.5) is 0 Å². The number of aromatic amines is 1. The summed E-state index contributed by atoms with van der Waals surface area (Å²) in [5.41, 5.74) is 2.58. The maximum absolute atomic E-state index is 10.7. The number of nitrogens with one attached hydrogen (secondary N) is 1. The molecule has 1 heterocycles. The lowest BCUT2D eigenvalue weighted by Gasteiger charge is -2.10. The molecule has 0 aliphatic rings. The predicted molar refractivity (Wildman–Crippen MR) is 81.2 cm³/mol. The van der Waals surface area contributed by atoms with Crippen molar-refractivity contribution in [2.45, 2.75) is 0 Å². The molecule has 0 amide bonds. The first kappa shape index (κ1) is 13.9. The number of carbonyl (C=O) groups is 1. The van der Waals surface area contributed by atoms with Gasteiger partial charge in [0.25, 0.3) is 0 Å². The van der Waals surface area contributed by atoms with Crippen molar-refractivity contribution >= 4 is 17.0 Å². The molecule has 0 spiro atoms. The molecular weight excluding hydrogens is 284 g/mol. The molecule has 6 heteroatoms. The van der Waals surface area contributed by atoms with Crippen LogP contribution in [-0.4, -0.2) is 34.8 Å². The van der Waals surface area contributed by atoms with E-state index < -0.39 is 12.6 Å². The number of imidazole rings is 1. The van der Waals surface area contributed by atoms with E-state index in [0.29, 0.717) is 17.3 Å². The summed E-state index contributed by atoms with van der Waals surface area (Å²) in [5, 5.41) is 8.74. The first-order valence-electron chi connectivity index (χ1n) is 6.65. The zero-order valence-electron chi connectivity index (χ0n) is 11.9. The summed E-state index contributed by atoms with van der Waals surface area (Å²) < 4.78 is 10.4. The van der Waals surface area contributed by atoms with E-state index in [1.807, 2.05) is 30.3 Å². The fraction of sp³-hybridized carbons (Fsp3) is 0.125. The number of para-hydroxylation sites is 2. The van der Waals surface area contributed by atoms with E-state index in [-0.39, 0.29) is 0 Å². The molecule has 3 aromatic rings. The summed E-state index contributed by atoms with van der Waals surface area (Å²) in [5.74, 6) is 0.476. The number of hydrogen-bond donors (Lipinski definition) is 2. The van der Waals surface area contributed by atoms with Crippen molar-refractivity contribution in [2.24, 2.45) is 0 Å². The normalized spacial score (nSPS) is 10.6. The van der Waals surface area contributed by atoms with Gasteiger partial charge in [-0.15, -0.1) is 0 Å². The standard InChI is InChI=1S/C16H14N2O4/c1-21-13-7-6-10(8-14(13)22-9-15(19)20)16-17-11-4-2-3-5-12(11)18-16/h2-8H,9H2,1H3,(H,17,18)(H,19,20). The van der Waals surface area contributed by atoms with E-state index in [1.54, 1.807) is 12.1 Å². The van der Waals surface area contributed by atoms with Crippen LogP contribution in [0.1, 0.15) is 0 Å². The van der Waals surface area contributed by atoms with Crippen molar-refractivity contribution in [3.63, 3.8) is 0 Å². The topological polar surface area (TPSA) is 84.4 Å². The molecule has 0 saturated carbocycles. The minimum absolute atomic E-state index is 0.364. The first-order valence-corrected chi connectivity index (χ1v) is 6.65. The number of aliphatic carboxylic acids is 1. The van der Waals surface area contributed by atoms with Gasteiger partial charge in [0.2, 0.25) is 0 Å². The van der Waals surface area contributed by atoms with Crippen LogP contribution in [0.15, 0.2) is 42.5 Å². The van der Waals surface area contributed by atoms with Crippen molar-refractivity contribution < 1.29 is 19.4 Å². The molecule has 6 nitrogen and oxygen atoms in total. The Hall–Kier alpha value is -3.02. The van der Waals surface area contributed by atoms with E-state index >= 15 is 0 Å². The van der Waals surface area contributed by atoms with Crippen molar-refractivity contribution in [3.05, 3.63) is 42.5 Å². The number of carboxylic acids is 1. The van der Waals surface area contributed by atoms with Crippen LogP contribution in [0, 0.1) is 0 Å². The summed E-state index contributed by atoms with van der Waals surface area (Å²) in [4.78, 5) is 18.4. The van der Waals surface area contributed by atoms with Crippen molar-refractivity contribution in [3.8, 4) is 22.9 Å². The van der Waals surface area contributed by atoms with Gasteiger partial charge in [-0.25, -0.2) is 9.78 Å². The number of carboxylic acid groups (broad SMARTS) is 1. The SMILES string of the molecule is COc1ccc(-c2nc3ccccc3[nH]2)cc1OCC(=O)O. The molecule has 0 unspecified atom stereocenters. The molecule has 0 bridgehead atoms. The maximum atomic E-state index is 10.7. The Balaban J connectivity index is 1.99. The minimum atomic E-state index is -1.05. The van der Waals surface area contributed by atoms with Crippen LogP contribution in [0.25, 0.3) is 22.4 Å². The number of rotatable bonds is 5. The largest absolute Gasteiger partial charge is 0.493 e. The smallest absolute Gasteiger partial charge is 0.341 e. The molecule has 1 aromatic heterocycles. The Labute approximate surface area is 126 Å². The molecule has 2 N–H and O–H groups in total. The molecule has 0 fully saturated rings. The third-order valence-electron chi connectivity index (χ3n) is 3.18. The van der Waals surface area contributed by atoms with E-state index in [4.69, 9.17) is 14.6 Å². The Bertz CT molecular complexity index is 793. The Morgan fingerprint density at radius 2 is 2.05 bits per heavy atom. The average Bonchev–Trinajstić information content (AvgIpc) is 2.96. The Morgan fingerprint density at radius 1 is 1.23 bits per heavy atom. The molecule has 0 saturated heterocycles. The Kier molecular flexibility index (Phi) is 3.65. The quantitative estimate of drug-likeness (QED) is 0.756. The van der Waals surface area contributed by atoms with Crippen molar-refractivity contribution in [1.82, 2.24) is 9.97 Å². The van der Waals surface area contributed by atoms with E-state index in [9.17, 15) is 4.79 Å². The third kappa shape index (κ3) is 2.71. The van der Waals surface area contributed by atoms with Gasteiger partial charge in [0.1, 0.15) is 5.82 Å². The zero-order valence-corrected chi connectivity index (χ0v) is 11.9. The lowest BCUT2D eigenvalue weighted by atomic mass is 10.2. The molecular formula is C16H14N2O4. The van der Waals surface area contributed by atoms with E-state index in [0.717, 1.165) is 16.6 Å². The van der Waals surface area contributed by atoms with E-state index in [1.165, 1.54) is 7.11 Å². The van der Waals surface area contributed by atoms with Gasteiger partial charge in [0, 0.05) is 5.56 Å². The highest BCUT2D eigenvalue weighted by molar-refractivity contribution is 5.79. The number of methoxy groups -OCH3 is 1. The molecule has 0 atom stereocenters. The Morgan fingerprint density at radius 3 is 2.77 bits per heavy atom. The molecule has 3 rings (SSSR count). The summed E-state index contributed by atoms with van der Waals surface area (Å²) in [7, 11) is 1.50. The van der Waals surface area contributed by atoms with Gasteiger partial charge in [-0.2, -0.15) is 0 Å². The van der Waals surface area contributed by atoms with Gasteiger partial charge >= 0.3 is 5.97 Å². The van der Waals surface area contributed by atoms with Crippen LogP contribution in [0.5, 0.6) is 11.5 Å². The summed E-state index contributed by atoms with van der Waals surface area (Å²) >= 11 is 0. The second kappa shape index (κ2) is 5.77. The first-order chi connectivity index (χ1) is 10.7. The fourth-order valence-electron chi connectivity index (χ4n) is 2.17. The van der Waals surface area contributed by atoms with Crippen LogP contribution < -0.4 is 9.47 Å². The van der Waals surface area contributed by atoms with Gasteiger partial charge in [0.15, 0.2) is 18.1 Å². The monoisotopic (exact) mass is 298 g/mol. The second-order valence-electron chi connectivity index (χ2n) is 4.65. The second-order valence-corrected chi connectivity index (χ2v) is 4.65. The highest BCUT2D eigenvalue weighted by atomic mass is 16.5. The number of fused-ring (bicyclic) bond motifs is 1. The number of benzene rings is 2. The van der Waals surface area contributed by atoms with Crippen LogP contribution in [-0.2, 0) is 4.79 Å². The highest BCUT2D eigenvalue weighted by Gasteiger charge is 2.11. The molecule has 22 heavy (non-hydrogen) atoms. The molecule has 0 aliphatic carbocycles. The number of hydrogen-bond acceptors (Lipinski definition) is 4. The number of H-pyrrole nitrogens is 1. The number of nitrogens with zero attached hydrogens (tertiary/aromatic N) is 1. The van der Waals surface area contributed by atoms with Gasteiger partial charge in [-0.1, -0.05) is 12.1 Å². The lowest BCUT2D eigenvalue weighted by Crippen LogP contribution is -2.10. The number of aromatic nitrogens is 2. The predicted octanol–water partition coefficient (Wildman–Crippen LogP) is 2.70. The molecule has 0 radical (unpaired) electrons. The lowest BCUT2D eigenvalue weighted by molar-refractivity contribution is -0.139. The van der Waals surface area contributed by atoms with Gasteiger partial charge in [0.05, 0.1) is 18.1 Å². The zero-order chi connectivity index (χ0) is 15.5. The molecule has 0 aliphatic heterocycles. The minimum Gasteiger partial charge on any atom is -0.493 e. The maximum Gasteiger partial charge on any atom is 0.341 e. The summed E-state index contributed by atoms with van der Waals surface area (Å²) in [6.45, 7) is -0.431. The van der Waals surface area contributed by atoms with E-state index in [2.05, 4.69) is 9.97 Å². The molecule has 112 valence electrons. The van der Waals surface area contributed by atoms with Gasteiger partial charge in [-0.3, -0.25) is 0 Å². The fourth-order valence-corrected chi connectivity index (χ4v) is 2.17. The number of ether oxygens (including phenoxy) is 2. The van der Waals surface area contributed by atoms with Crippen LogP contribution in [0.2, 0.25) is 0 Å². The van der Waals surface area contributed by atoms with Crippen molar-refractivity contribution in [1.29, 1.82) is 0 Å². The average molecular weight is 298 g/mol.